The number of ketones is 1. The summed E-state index contributed by atoms with van der Waals surface area (Å²) in [6, 6.07) is 6.73. The molecule has 36 heavy (non-hydrogen) atoms. The Morgan fingerprint density at radius 3 is 2.69 bits per heavy atom. The molecule has 2 aliphatic heterocycles. The molecule has 2 N–H and O–H groups in total. The molecular formula is C25H28N8O3. The van der Waals surface area contributed by atoms with E-state index in [4.69, 9.17) is 0 Å². The Labute approximate surface area is 207 Å². The monoisotopic (exact) mass is 488 g/mol. The second-order valence-electron chi connectivity index (χ2n) is 8.90. The maximum Gasteiger partial charge on any atom is 0.327 e. The zero-order chi connectivity index (χ0) is 25.4. The van der Waals surface area contributed by atoms with E-state index in [1.54, 1.807) is 38.4 Å². The lowest BCUT2D eigenvalue weighted by Crippen LogP contribution is -2.46. The highest BCUT2D eigenvalue weighted by atomic mass is 16.2. The van der Waals surface area contributed by atoms with E-state index >= 15 is 0 Å². The van der Waals surface area contributed by atoms with Crippen LogP contribution in [0.1, 0.15) is 42.2 Å². The van der Waals surface area contributed by atoms with Crippen LogP contribution in [0.15, 0.2) is 52.2 Å². The SMILES string of the molecule is CC/C=C1\C(=NC)NC(=O)N1C1CCN(c2cc(C(=O)c3ccc4c(c3)[nH]c(=O)n4C)ncn2)CC1. The number of aliphatic imine (C=N–C) groups is 1. The topological polar surface area (TPSA) is 129 Å². The van der Waals surface area contributed by atoms with Gasteiger partial charge in [-0.1, -0.05) is 13.0 Å². The Bertz CT molecular complexity index is 1460. The summed E-state index contributed by atoms with van der Waals surface area (Å²) in [7, 11) is 3.35. The number of nitrogens with zero attached hydrogens (tertiary/aromatic N) is 6. The number of rotatable bonds is 5. The number of anilines is 1. The molecule has 186 valence electrons. The average molecular weight is 489 g/mol. The Hall–Kier alpha value is -4.28. The number of carbonyl (C=O) groups is 2. The fraction of sp³-hybridized carbons (Fsp3) is 0.360. The highest BCUT2D eigenvalue weighted by molar-refractivity contribution is 6.14. The zero-order valence-electron chi connectivity index (χ0n) is 20.5. The van der Waals surface area contributed by atoms with Gasteiger partial charge in [-0.25, -0.2) is 19.6 Å². The van der Waals surface area contributed by atoms with Crippen LogP contribution in [-0.4, -0.2) is 68.2 Å². The molecule has 1 aromatic carbocycles. The minimum Gasteiger partial charge on any atom is -0.356 e. The summed E-state index contributed by atoms with van der Waals surface area (Å²) in [5.41, 5.74) is 2.67. The van der Waals surface area contributed by atoms with Crippen LogP contribution in [0.5, 0.6) is 0 Å². The molecule has 2 aromatic heterocycles. The summed E-state index contributed by atoms with van der Waals surface area (Å²) in [4.78, 5) is 57.2. The van der Waals surface area contributed by atoms with Gasteiger partial charge < -0.3 is 9.88 Å². The first-order valence-electron chi connectivity index (χ1n) is 12.0. The van der Waals surface area contributed by atoms with E-state index in [1.807, 2.05) is 17.9 Å². The van der Waals surface area contributed by atoms with Gasteiger partial charge in [-0.15, -0.1) is 0 Å². The fourth-order valence-electron chi connectivity index (χ4n) is 4.89. The first-order chi connectivity index (χ1) is 17.4. The van der Waals surface area contributed by atoms with Gasteiger partial charge in [-0.3, -0.25) is 24.6 Å². The summed E-state index contributed by atoms with van der Waals surface area (Å²) in [6.45, 7) is 3.41. The highest BCUT2D eigenvalue weighted by Gasteiger charge is 2.37. The van der Waals surface area contributed by atoms with E-state index in [0.717, 1.165) is 30.5 Å². The number of allylic oxidation sites excluding steroid dienone is 1. The molecule has 11 heteroatoms. The number of H-pyrrole nitrogens is 1. The van der Waals surface area contributed by atoms with E-state index < -0.39 is 0 Å². The molecule has 0 bridgehead atoms. The minimum absolute atomic E-state index is 0.0565. The number of hydrogen-bond donors (Lipinski definition) is 2. The summed E-state index contributed by atoms with van der Waals surface area (Å²) < 4.78 is 1.50. The summed E-state index contributed by atoms with van der Waals surface area (Å²) in [6.07, 6.45) is 5.76. The van der Waals surface area contributed by atoms with Gasteiger partial charge in [0.15, 0.2) is 5.84 Å². The lowest BCUT2D eigenvalue weighted by Gasteiger charge is -2.37. The third-order valence-electron chi connectivity index (χ3n) is 6.77. The molecule has 0 spiro atoms. The molecule has 3 aromatic rings. The summed E-state index contributed by atoms with van der Waals surface area (Å²) in [5, 5.41) is 2.86. The average Bonchev–Trinajstić information content (AvgIpc) is 3.37. The van der Waals surface area contributed by atoms with Crippen LogP contribution in [0.3, 0.4) is 0 Å². The lowest BCUT2D eigenvalue weighted by molar-refractivity contribution is 0.103. The van der Waals surface area contributed by atoms with Crippen molar-refractivity contribution < 1.29 is 9.59 Å². The molecule has 0 atom stereocenters. The van der Waals surface area contributed by atoms with Crippen molar-refractivity contribution in [2.45, 2.75) is 32.2 Å². The highest BCUT2D eigenvalue weighted by Crippen LogP contribution is 2.27. The summed E-state index contributed by atoms with van der Waals surface area (Å²) in [5.74, 6) is 1.04. The molecule has 2 saturated heterocycles. The van der Waals surface area contributed by atoms with Crippen LogP contribution in [0.2, 0.25) is 0 Å². The van der Waals surface area contributed by atoms with E-state index in [-0.39, 0.29) is 29.2 Å². The number of hydrogen-bond acceptors (Lipinski definition) is 7. The molecule has 5 rings (SSSR count). The van der Waals surface area contributed by atoms with Gasteiger partial charge in [-0.2, -0.15) is 0 Å². The molecule has 0 aliphatic carbocycles. The minimum atomic E-state index is -0.241. The molecule has 2 aliphatic rings. The van der Waals surface area contributed by atoms with Crippen molar-refractivity contribution in [2.24, 2.45) is 12.0 Å². The van der Waals surface area contributed by atoms with E-state index in [0.29, 0.717) is 35.8 Å². The summed E-state index contributed by atoms with van der Waals surface area (Å²) >= 11 is 0. The Morgan fingerprint density at radius 2 is 1.97 bits per heavy atom. The number of aromatic amines is 1. The normalized spacial score (nSPS) is 19.0. The van der Waals surface area contributed by atoms with E-state index in [2.05, 4.69) is 30.2 Å². The molecular weight excluding hydrogens is 460 g/mol. The van der Waals surface area contributed by atoms with Crippen molar-refractivity contribution in [3.8, 4) is 0 Å². The van der Waals surface area contributed by atoms with Gasteiger partial charge in [0, 0.05) is 44.9 Å². The third kappa shape index (κ3) is 4.06. The first-order valence-corrected chi connectivity index (χ1v) is 12.0. The number of nitrogens with one attached hydrogen (secondary N) is 2. The van der Waals surface area contributed by atoms with Crippen LogP contribution in [-0.2, 0) is 7.05 Å². The van der Waals surface area contributed by atoms with Crippen LogP contribution in [0.4, 0.5) is 10.6 Å². The predicted octanol–water partition coefficient (Wildman–Crippen LogP) is 2.20. The van der Waals surface area contributed by atoms with Crippen LogP contribution >= 0.6 is 0 Å². The molecule has 0 radical (unpaired) electrons. The second kappa shape index (κ2) is 9.40. The second-order valence-corrected chi connectivity index (χ2v) is 8.90. The molecule has 11 nitrogen and oxygen atoms in total. The maximum absolute atomic E-state index is 13.2. The fourth-order valence-corrected chi connectivity index (χ4v) is 4.89. The molecule has 4 heterocycles. The van der Waals surface area contributed by atoms with Gasteiger partial charge in [-0.05, 0) is 37.5 Å². The van der Waals surface area contributed by atoms with Crippen LogP contribution < -0.4 is 15.9 Å². The van der Waals surface area contributed by atoms with Gasteiger partial charge in [0.2, 0.25) is 5.78 Å². The van der Waals surface area contributed by atoms with Crippen LogP contribution in [0.25, 0.3) is 11.0 Å². The number of aromatic nitrogens is 4. The number of amidine groups is 1. The molecule has 0 unspecified atom stereocenters. The van der Waals surface area contributed by atoms with E-state index in [9.17, 15) is 14.4 Å². The number of urea groups is 1. The first kappa shape index (κ1) is 23.5. The number of imidazole rings is 1. The smallest absolute Gasteiger partial charge is 0.327 e. The predicted molar refractivity (Wildman–Crippen MR) is 136 cm³/mol. The molecule has 2 fully saturated rings. The number of carbonyl (C=O) groups excluding carboxylic acids is 2. The lowest BCUT2D eigenvalue weighted by atomic mass is 10.0. The van der Waals surface area contributed by atoms with Crippen molar-refractivity contribution >= 4 is 34.5 Å². The Morgan fingerprint density at radius 1 is 1.19 bits per heavy atom. The largest absolute Gasteiger partial charge is 0.356 e. The molecule has 0 saturated carbocycles. The van der Waals surface area contributed by atoms with Crippen molar-refractivity contribution in [1.29, 1.82) is 0 Å². The number of benzene rings is 1. The van der Waals surface area contributed by atoms with E-state index in [1.165, 1.54) is 10.9 Å². The maximum atomic E-state index is 13.2. The number of amides is 2. The van der Waals surface area contributed by atoms with Gasteiger partial charge in [0.25, 0.3) is 0 Å². The van der Waals surface area contributed by atoms with Gasteiger partial charge in [0.05, 0.1) is 16.7 Å². The Balaban J connectivity index is 1.31. The van der Waals surface area contributed by atoms with Crippen LogP contribution in [0, 0.1) is 0 Å². The van der Waals surface area contributed by atoms with Crippen molar-refractivity contribution in [2.75, 3.05) is 25.0 Å². The number of aryl methyl sites for hydroxylation is 1. The van der Waals surface area contributed by atoms with Gasteiger partial charge in [0.1, 0.15) is 17.8 Å². The number of piperidine rings is 1. The van der Waals surface area contributed by atoms with Crippen molar-refractivity contribution in [3.63, 3.8) is 0 Å². The Kier molecular flexibility index (Phi) is 6.13. The zero-order valence-corrected chi connectivity index (χ0v) is 20.5. The van der Waals surface area contributed by atoms with Crippen molar-refractivity contribution in [3.05, 3.63) is 64.1 Å². The van der Waals surface area contributed by atoms with Gasteiger partial charge >= 0.3 is 11.7 Å². The quantitative estimate of drug-likeness (QED) is 0.530. The standard InChI is InChI=1S/C25H28N8O3/c1-4-5-20-23(26-2)30-25(36)33(20)16-8-10-32(11-9-16)21-13-18(27-14-28-21)22(34)15-6-7-19-17(12-15)29-24(35)31(19)3/h5-7,12-14,16H,4,8-11H2,1-3H3,(H,29,35)(H,26,30,36)/b20-5+. The van der Waals surface area contributed by atoms with Crippen molar-refractivity contribution in [1.82, 2.24) is 29.7 Å². The third-order valence-corrected chi connectivity index (χ3v) is 6.77. The number of fused-ring (bicyclic) bond motifs is 1. The molecule has 2 amide bonds.